The Morgan fingerprint density at radius 2 is 1.11 bits per heavy atom. The molecule has 0 aromatic heterocycles. The minimum absolute atomic E-state index is 0.105. The van der Waals surface area contributed by atoms with Crippen molar-refractivity contribution < 1.29 is 4.79 Å². The molecule has 0 radical (unpaired) electrons. The predicted octanol–water partition coefficient (Wildman–Crippen LogP) is 7.68. The Balaban J connectivity index is 1.76. The zero-order valence-electron chi connectivity index (χ0n) is 17.6. The third-order valence-electron chi connectivity index (χ3n) is 5.10. The lowest BCUT2D eigenvalue weighted by Gasteiger charge is -2.07. The van der Waals surface area contributed by atoms with Crippen LogP contribution in [0.3, 0.4) is 0 Å². The largest absolute Gasteiger partial charge is 0.338 e. The monoisotopic (exact) mass is 374 g/mol. The average Bonchev–Trinajstić information content (AvgIpc) is 2.68. The standard InChI is InChI=1S/C24H42N2O/c1-2-3-4-5-6-7-8-9-10-11-12-13-14-15-19-22-25-24(27)26-23-20-17-16-18-21-23/h16-18,20-21H,2-15,19,22H2,1H3,(H2,25,26,27). The van der Waals surface area contributed by atoms with Gasteiger partial charge in [-0.1, -0.05) is 115 Å². The molecular weight excluding hydrogens is 332 g/mol. The van der Waals surface area contributed by atoms with Crippen LogP contribution in [0.4, 0.5) is 10.5 Å². The minimum atomic E-state index is -0.105. The van der Waals surface area contributed by atoms with Crippen molar-refractivity contribution in [1.82, 2.24) is 5.32 Å². The Hall–Kier alpha value is -1.51. The molecule has 154 valence electrons. The molecule has 2 N–H and O–H groups in total. The van der Waals surface area contributed by atoms with E-state index in [1.807, 2.05) is 30.3 Å². The van der Waals surface area contributed by atoms with E-state index in [4.69, 9.17) is 0 Å². The zero-order valence-corrected chi connectivity index (χ0v) is 17.6. The molecule has 0 aliphatic carbocycles. The fraction of sp³-hybridized carbons (Fsp3) is 0.708. The maximum absolute atomic E-state index is 11.7. The van der Waals surface area contributed by atoms with Crippen LogP contribution in [0.25, 0.3) is 0 Å². The van der Waals surface area contributed by atoms with E-state index in [9.17, 15) is 4.79 Å². The van der Waals surface area contributed by atoms with Gasteiger partial charge in [-0.2, -0.15) is 0 Å². The van der Waals surface area contributed by atoms with Crippen LogP contribution < -0.4 is 10.6 Å². The first-order valence-corrected chi connectivity index (χ1v) is 11.4. The van der Waals surface area contributed by atoms with Gasteiger partial charge in [0.15, 0.2) is 0 Å². The van der Waals surface area contributed by atoms with Gasteiger partial charge in [-0.25, -0.2) is 4.79 Å². The summed E-state index contributed by atoms with van der Waals surface area (Å²) >= 11 is 0. The number of hydrogen-bond donors (Lipinski definition) is 2. The molecule has 0 spiro atoms. The van der Waals surface area contributed by atoms with E-state index in [0.717, 1.165) is 18.7 Å². The van der Waals surface area contributed by atoms with Crippen LogP contribution >= 0.6 is 0 Å². The maximum Gasteiger partial charge on any atom is 0.319 e. The third-order valence-corrected chi connectivity index (χ3v) is 5.10. The number of carbonyl (C=O) groups excluding carboxylic acids is 1. The predicted molar refractivity (Wildman–Crippen MR) is 118 cm³/mol. The SMILES string of the molecule is CCCCCCCCCCCCCCCCCNC(=O)Nc1ccccc1. The molecule has 0 fully saturated rings. The van der Waals surface area contributed by atoms with Crippen molar-refractivity contribution in [1.29, 1.82) is 0 Å². The van der Waals surface area contributed by atoms with Gasteiger partial charge < -0.3 is 10.6 Å². The van der Waals surface area contributed by atoms with Gasteiger partial charge in [0.05, 0.1) is 0 Å². The summed E-state index contributed by atoms with van der Waals surface area (Å²) in [4.78, 5) is 11.7. The average molecular weight is 375 g/mol. The van der Waals surface area contributed by atoms with E-state index in [0.29, 0.717) is 0 Å². The van der Waals surface area contributed by atoms with E-state index in [1.165, 1.54) is 89.9 Å². The van der Waals surface area contributed by atoms with Crippen molar-refractivity contribution in [2.75, 3.05) is 11.9 Å². The highest BCUT2D eigenvalue weighted by molar-refractivity contribution is 5.89. The highest BCUT2D eigenvalue weighted by atomic mass is 16.2. The second kappa shape index (κ2) is 17.9. The highest BCUT2D eigenvalue weighted by Gasteiger charge is 2.00. The molecule has 2 amide bonds. The number of urea groups is 1. The van der Waals surface area contributed by atoms with Crippen LogP contribution in [-0.4, -0.2) is 12.6 Å². The molecule has 0 saturated carbocycles. The van der Waals surface area contributed by atoms with Gasteiger partial charge in [0.2, 0.25) is 0 Å². The van der Waals surface area contributed by atoms with Crippen molar-refractivity contribution >= 4 is 11.7 Å². The number of rotatable bonds is 17. The van der Waals surface area contributed by atoms with E-state index < -0.39 is 0 Å². The normalized spacial score (nSPS) is 10.7. The smallest absolute Gasteiger partial charge is 0.319 e. The summed E-state index contributed by atoms with van der Waals surface area (Å²) in [7, 11) is 0. The third kappa shape index (κ3) is 15.3. The lowest BCUT2D eigenvalue weighted by Crippen LogP contribution is -2.29. The topological polar surface area (TPSA) is 41.1 Å². The van der Waals surface area contributed by atoms with Crippen LogP contribution in [0.2, 0.25) is 0 Å². The molecule has 0 unspecified atom stereocenters. The summed E-state index contributed by atoms with van der Waals surface area (Å²) in [6, 6.07) is 9.47. The second-order valence-corrected chi connectivity index (χ2v) is 7.70. The summed E-state index contributed by atoms with van der Waals surface area (Å²) in [5.74, 6) is 0. The number of carbonyl (C=O) groups is 1. The highest BCUT2D eigenvalue weighted by Crippen LogP contribution is 2.13. The van der Waals surface area contributed by atoms with Crippen LogP contribution in [0.1, 0.15) is 103 Å². The number of amides is 2. The Kier molecular flexibility index (Phi) is 15.6. The van der Waals surface area contributed by atoms with Crippen molar-refractivity contribution in [3.63, 3.8) is 0 Å². The Morgan fingerprint density at radius 3 is 1.59 bits per heavy atom. The first-order valence-electron chi connectivity index (χ1n) is 11.4. The van der Waals surface area contributed by atoms with Crippen molar-refractivity contribution in [3.05, 3.63) is 30.3 Å². The molecule has 1 rings (SSSR count). The lowest BCUT2D eigenvalue weighted by molar-refractivity contribution is 0.252. The Morgan fingerprint density at radius 1 is 0.667 bits per heavy atom. The van der Waals surface area contributed by atoms with Gasteiger partial charge in [0, 0.05) is 12.2 Å². The van der Waals surface area contributed by atoms with Gasteiger partial charge in [-0.3, -0.25) is 0 Å². The minimum Gasteiger partial charge on any atom is -0.338 e. The second-order valence-electron chi connectivity index (χ2n) is 7.70. The molecular formula is C24H42N2O. The van der Waals surface area contributed by atoms with E-state index in [1.54, 1.807) is 0 Å². The van der Waals surface area contributed by atoms with Crippen LogP contribution in [0.5, 0.6) is 0 Å². The van der Waals surface area contributed by atoms with E-state index in [2.05, 4.69) is 17.6 Å². The molecule has 1 aromatic rings. The van der Waals surface area contributed by atoms with Crippen LogP contribution in [0, 0.1) is 0 Å². The van der Waals surface area contributed by atoms with Gasteiger partial charge >= 0.3 is 6.03 Å². The molecule has 3 nitrogen and oxygen atoms in total. The van der Waals surface area contributed by atoms with Crippen molar-refractivity contribution in [2.24, 2.45) is 0 Å². The summed E-state index contributed by atoms with van der Waals surface area (Å²) in [6.07, 6.45) is 20.5. The Labute approximate surface area is 167 Å². The molecule has 1 aromatic carbocycles. The van der Waals surface area contributed by atoms with Crippen LogP contribution in [-0.2, 0) is 0 Å². The molecule has 0 atom stereocenters. The molecule has 3 heteroatoms. The van der Waals surface area contributed by atoms with Crippen molar-refractivity contribution in [2.45, 2.75) is 103 Å². The van der Waals surface area contributed by atoms with Gasteiger partial charge in [-0.15, -0.1) is 0 Å². The fourth-order valence-electron chi connectivity index (χ4n) is 3.40. The van der Waals surface area contributed by atoms with Gasteiger partial charge in [-0.05, 0) is 18.6 Å². The van der Waals surface area contributed by atoms with Crippen molar-refractivity contribution in [3.8, 4) is 0 Å². The molecule has 0 heterocycles. The van der Waals surface area contributed by atoms with E-state index in [-0.39, 0.29) is 6.03 Å². The molecule has 27 heavy (non-hydrogen) atoms. The number of nitrogens with one attached hydrogen (secondary N) is 2. The summed E-state index contributed by atoms with van der Waals surface area (Å²) < 4.78 is 0. The quantitative estimate of drug-likeness (QED) is 0.270. The first-order chi connectivity index (χ1) is 13.3. The van der Waals surface area contributed by atoms with E-state index >= 15 is 0 Å². The number of para-hydroxylation sites is 1. The molecule has 0 bridgehead atoms. The van der Waals surface area contributed by atoms with Gasteiger partial charge in [0.25, 0.3) is 0 Å². The van der Waals surface area contributed by atoms with Gasteiger partial charge in [0.1, 0.15) is 0 Å². The van der Waals surface area contributed by atoms with Crippen LogP contribution in [0.15, 0.2) is 30.3 Å². The Bertz CT molecular complexity index is 447. The number of hydrogen-bond acceptors (Lipinski definition) is 1. The number of anilines is 1. The summed E-state index contributed by atoms with van der Waals surface area (Å²) in [6.45, 7) is 3.04. The number of unbranched alkanes of at least 4 members (excludes halogenated alkanes) is 14. The fourth-order valence-corrected chi connectivity index (χ4v) is 3.40. The number of benzene rings is 1. The molecule has 0 aliphatic heterocycles. The molecule has 0 aliphatic rings. The molecule has 0 saturated heterocycles. The lowest BCUT2D eigenvalue weighted by atomic mass is 10.0. The first kappa shape index (κ1) is 23.5. The summed E-state index contributed by atoms with van der Waals surface area (Å²) in [5.41, 5.74) is 0.839. The maximum atomic E-state index is 11.7. The summed E-state index contributed by atoms with van der Waals surface area (Å²) in [5, 5.41) is 5.77. The zero-order chi connectivity index (χ0) is 19.4.